The summed E-state index contributed by atoms with van der Waals surface area (Å²) in [6.45, 7) is 3.78. The molecule has 0 aliphatic rings. The Labute approximate surface area is 129 Å². The third kappa shape index (κ3) is 3.81. The number of ether oxygens (including phenoxy) is 1. The first kappa shape index (κ1) is 15.9. The Kier molecular flexibility index (Phi) is 5.47. The molecule has 0 radical (unpaired) electrons. The third-order valence-electron chi connectivity index (χ3n) is 3.45. The van der Waals surface area contributed by atoms with Crippen molar-refractivity contribution in [1.29, 1.82) is 0 Å². The molecule has 0 aliphatic carbocycles. The fourth-order valence-corrected chi connectivity index (χ4v) is 2.26. The molecule has 0 amide bonds. The van der Waals surface area contributed by atoms with Crippen molar-refractivity contribution in [2.45, 2.75) is 26.7 Å². The van der Waals surface area contributed by atoms with Crippen LogP contribution in [0.15, 0.2) is 42.7 Å². The predicted octanol–water partition coefficient (Wildman–Crippen LogP) is 2.57. The van der Waals surface area contributed by atoms with Crippen molar-refractivity contribution in [3.8, 4) is 5.69 Å². The molecule has 2 aromatic rings. The van der Waals surface area contributed by atoms with Gasteiger partial charge in [0.15, 0.2) is 0 Å². The van der Waals surface area contributed by atoms with Gasteiger partial charge in [-0.25, -0.2) is 4.68 Å². The van der Waals surface area contributed by atoms with Crippen molar-refractivity contribution in [3.63, 3.8) is 0 Å². The second kappa shape index (κ2) is 7.54. The number of rotatable bonds is 7. The number of hydrogen-bond donors (Lipinski definition) is 0. The van der Waals surface area contributed by atoms with Crippen LogP contribution in [0.4, 0.5) is 0 Å². The lowest BCUT2D eigenvalue weighted by Gasteiger charge is -2.14. The highest BCUT2D eigenvalue weighted by atomic mass is 16.5. The SMILES string of the molecule is CCOC(=O)C(Cc1ccc(-n2cccn2)cc1)C(=O)CC. The van der Waals surface area contributed by atoms with Gasteiger partial charge < -0.3 is 4.74 Å². The van der Waals surface area contributed by atoms with E-state index in [1.54, 1.807) is 24.7 Å². The first-order valence-corrected chi connectivity index (χ1v) is 7.44. The number of benzene rings is 1. The average molecular weight is 300 g/mol. The van der Waals surface area contributed by atoms with Gasteiger partial charge in [0.25, 0.3) is 0 Å². The summed E-state index contributed by atoms with van der Waals surface area (Å²) < 4.78 is 6.76. The Morgan fingerprint density at radius 3 is 2.50 bits per heavy atom. The Hall–Kier alpha value is -2.43. The van der Waals surface area contributed by atoms with Gasteiger partial charge in [-0.05, 0) is 37.1 Å². The summed E-state index contributed by atoms with van der Waals surface area (Å²) in [7, 11) is 0. The van der Waals surface area contributed by atoms with Crippen LogP contribution < -0.4 is 0 Å². The van der Waals surface area contributed by atoms with Gasteiger partial charge >= 0.3 is 5.97 Å². The standard InChI is InChI=1S/C17H20N2O3/c1-3-16(20)15(17(21)22-4-2)12-13-6-8-14(9-7-13)19-11-5-10-18-19/h5-11,15H,3-4,12H2,1-2H3. The van der Waals surface area contributed by atoms with Gasteiger partial charge in [0, 0.05) is 18.8 Å². The number of carbonyl (C=O) groups excluding carboxylic acids is 2. The zero-order valence-corrected chi connectivity index (χ0v) is 12.9. The molecule has 1 heterocycles. The normalized spacial score (nSPS) is 11.9. The van der Waals surface area contributed by atoms with Crippen molar-refractivity contribution >= 4 is 11.8 Å². The molecule has 5 nitrogen and oxygen atoms in total. The topological polar surface area (TPSA) is 61.2 Å². The van der Waals surface area contributed by atoms with Crippen LogP contribution in [-0.4, -0.2) is 28.1 Å². The Bertz CT molecular complexity index is 618. The summed E-state index contributed by atoms with van der Waals surface area (Å²) in [5.41, 5.74) is 1.86. The van der Waals surface area contributed by atoms with Crippen LogP contribution in [0.1, 0.15) is 25.8 Å². The molecule has 0 fully saturated rings. The van der Waals surface area contributed by atoms with E-state index in [0.717, 1.165) is 11.3 Å². The van der Waals surface area contributed by atoms with Crippen molar-refractivity contribution in [1.82, 2.24) is 9.78 Å². The summed E-state index contributed by atoms with van der Waals surface area (Å²) in [6.07, 6.45) is 4.27. The first-order valence-electron chi connectivity index (χ1n) is 7.44. The molecule has 22 heavy (non-hydrogen) atoms. The van der Waals surface area contributed by atoms with Crippen LogP contribution in [0.2, 0.25) is 0 Å². The average Bonchev–Trinajstić information content (AvgIpc) is 3.07. The number of ketones is 1. The van der Waals surface area contributed by atoms with Crippen molar-refractivity contribution < 1.29 is 14.3 Å². The predicted molar refractivity (Wildman–Crippen MR) is 82.7 cm³/mol. The molecule has 5 heteroatoms. The molecule has 2 rings (SSSR count). The lowest BCUT2D eigenvalue weighted by molar-refractivity contribution is -0.151. The van der Waals surface area contributed by atoms with Crippen LogP contribution in [0, 0.1) is 5.92 Å². The van der Waals surface area contributed by atoms with Crippen molar-refractivity contribution in [3.05, 3.63) is 48.3 Å². The monoisotopic (exact) mass is 300 g/mol. The number of aromatic nitrogens is 2. The molecule has 0 bridgehead atoms. The lowest BCUT2D eigenvalue weighted by Crippen LogP contribution is -2.27. The molecule has 1 aromatic carbocycles. The Morgan fingerprint density at radius 2 is 1.95 bits per heavy atom. The molecule has 0 spiro atoms. The summed E-state index contributed by atoms with van der Waals surface area (Å²) in [6, 6.07) is 9.50. The van der Waals surface area contributed by atoms with E-state index >= 15 is 0 Å². The van der Waals surface area contributed by atoms with E-state index in [-0.39, 0.29) is 12.4 Å². The Balaban J connectivity index is 2.12. The molecule has 1 unspecified atom stereocenters. The maximum Gasteiger partial charge on any atom is 0.316 e. The number of hydrogen-bond acceptors (Lipinski definition) is 4. The zero-order valence-electron chi connectivity index (χ0n) is 12.9. The van der Waals surface area contributed by atoms with Gasteiger partial charge in [-0.2, -0.15) is 5.10 Å². The van der Waals surface area contributed by atoms with Crippen LogP contribution in [0.3, 0.4) is 0 Å². The molecule has 0 saturated heterocycles. The van der Waals surface area contributed by atoms with E-state index in [2.05, 4.69) is 5.10 Å². The van der Waals surface area contributed by atoms with E-state index in [1.807, 2.05) is 36.5 Å². The van der Waals surface area contributed by atoms with E-state index in [1.165, 1.54) is 0 Å². The fraction of sp³-hybridized carbons (Fsp3) is 0.353. The van der Waals surface area contributed by atoms with Crippen LogP contribution >= 0.6 is 0 Å². The maximum absolute atomic E-state index is 12.0. The van der Waals surface area contributed by atoms with Gasteiger partial charge in [0.1, 0.15) is 11.7 Å². The van der Waals surface area contributed by atoms with Crippen LogP contribution in [-0.2, 0) is 20.7 Å². The van der Waals surface area contributed by atoms with E-state index in [4.69, 9.17) is 4.74 Å². The number of carbonyl (C=O) groups is 2. The Morgan fingerprint density at radius 1 is 1.23 bits per heavy atom. The highest BCUT2D eigenvalue weighted by molar-refractivity contribution is 5.99. The van der Waals surface area contributed by atoms with E-state index in [9.17, 15) is 9.59 Å². The molecule has 116 valence electrons. The largest absolute Gasteiger partial charge is 0.465 e. The quantitative estimate of drug-likeness (QED) is 0.582. The zero-order chi connectivity index (χ0) is 15.9. The molecular weight excluding hydrogens is 280 g/mol. The smallest absolute Gasteiger partial charge is 0.316 e. The summed E-state index contributed by atoms with van der Waals surface area (Å²) in [5.74, 6) is -1.25. The van der Waals surface area contributed by atoms with E-state index < -0.39 is 11.9 Å². The van der Waals surface area contributed by atoms with Crippen LogP contribution in [0.25, 0.3) is 5.69 Å². The number of esters is 1. The maximum atomic E-state index is 12.0. The number of Topliss-reactive ketones (excluding diaryl/α,β-unsaturated/α-hetero) is 1. The fourth-order valence-electron chi connectivity index (χ4n) is 2.26. The summed E-state index contributed by atoms with van der Waals surface area (Å²) >= 11 is 0. The van der Waals surface area contributed by atoms with Crippen molar-refractivity contribution in [2.24, 2.45) is 5.92 Å². The lowest BCUT2D eigenvalue weighted by atomic mass is 9.94. The van der Waals surface area contributed by atoms with Crippen LogP contribution in [0.5, 0.6) is 0 Å². The highest BCUT2D eigenvalue weighted by Crippen LogP contribution is 2.16. The minimum absolute atomic E-state index is 0.0883. The first-order chi connectivity index (χ1) is 10.7. The van der Waals surface area contributed by atoms with E-state index in [0.29, 0.717) is 12.8 Å². The van der Waals surface area contributed by atoms with Gasteiger partial charge in [-0.3, -0.25) is 9.59 Å². The second-order valence-electron chi connectivity index (χ2n) is 4.95. The third-order valence-corrected chi connectivity index (χ3v) is 3.45. The van der Waals surface area contributed by atoms with Crippen molar-refractivity contribution in [2.75, 3.05) is 6.61 Å². The van der Waals surface area contributed by atoms with Gasteiger partial charge in [-0.15, -0.1) is 0 Å². The molecule has 0 N–H and O–H groups in total. The minimum atomic E-state index is -0.722. The van der Waals surface area contributed by atoms with Gasteiger partial charge in [0.05, 0.1) is 12.3 Å². The summed E-state index contributed by atoms with van der Waals surface area (Å²) in [4.78, 5) is 23.9. The molecule has 0 aliphatic heterocycles. The molecule has 0 saturated carbocycles. The number of nitrogens with zero attached hydrogens (tertiary/aromatic N) is 2. The summed E-state index contributed by atoms with van der Waals surface area (Å²) in [5, 5.41) is 4.16. The van der Waals surface area contributed by atoms with Gasteiger partial charge in [0.2, 0.25) is 0 Å². The minimum Gasteiger partial charge on any atom is -0.465 e. The molecular formula is C17H20N2O3. The highest BCUT2D eigenvalue weighted by Gasteiger charge is 2.26. The molecule has 1 atom stereocenters. The second-order valence-corrected chi connectivity index (χ2v) is 4.95. The van der Waals surface area contributed by atoms with Gasteiger partial charge in [-0.1, -0.05) is 19.1 Å². The molecule has 1 aromatic heterocycles.